The quantitative estimate of drug-likeness (QED) is 0.676. The Bertz CT molecular complexity index is 804. The first-order valence-electron chi connectivity index (χ1n) is 7.39. The Labute approximate surface area is 131 Å². The van der Waals surface area contributed by atoms with Crippen LogP contribution in [0, 0.1) is 6.92 Å². The monoisotopic (exact) mass is 293 g/mol. The number of ether oxygens (including phenoxy) is 1. The van der Waals surface area contributed by atoms with Gasteiger partial charge < -0.3 is 4.74 Å². The Morgan fingerprint density at radius 2 is 1.64 bits per heavy atom. The fourth-order valence-corrected chi connectivity index (χ4v) is 2.92. The largest absolute Gasteiger partial charge is 0.489 e. The number of methoxy groups -OCH3 is 1. The fraction of sp³-hybridized carbons (Fsp3) is 0.211. The number of hydrogen-bond donors (Lipinski definition) is 0. The van der Waals surface area contributed by atoms with Crippen LogP contribution in [0.5, 0.6) is 5.75 Å². The van der Waals surface area contributed by atoms with Crippen molar-refractivity contribution >= 4 is 0 Å². The molecule has 1 heterocycles. The summed E-state index contributed by atoms with van der Waals surface area (Å²) in [7, 11) is 5.86. The Kier molecular flexibility index (Phi) is 3.72. The van der Waals surface area contributed by atoms with Gasteiger partial charge in [0.15, 0.2) is 12.7 Å². The summed E-state index contributed by atoms with van der Waals surface area (Å²) in [6.45, 7) is 2.11. The molecule has 0 N–H and O–H groups in total. The zero-order chi connectivity index (χ0) is 15.7. The zero-order valence-corrected chi connectivity index (χ0v) is 13.5. The van der Waals surface area contributed by atoms with Gasteiger partial charge in [0.2, 0.25) is 5.75 Å². The summed E-state index contributed by atoms with van der Waals surface area (Å²) >= 11 is 0. The molecule has 0 spiro atoms. The molecule has 112 valence electrons. The Morgan fingerprint density at radius 1 is 0.955 bits per heavy atom. The molecule has 0 fully saturated rings. The van der Waals surface area contributed by atoms with Gasteiger partial charge in [-0.25, -0.2) is 0 Å². The lowest BCUT2D eigenvalue weighted by Gasteiger charge is -2.03. The van der Waals surface area contributed by atoms with E-state index in [0.29, 0.717) is 0 Å². The standard InChI is InChI=1S/C19H21N2O/c1-14-9-8-12-16(13-14)18-19(22-4)17(20(2)21(18)3)15-10-6-5-7-11-15/h5-13H,1-4H3/q+1. The van der Waals surface area contributed by atoms with E-state index in [1.807, 2.05) is 18.2 Å². The summed E-state index contributed by atoms with van der Waals surface area (Å²) in [4.78, 5) is 0. The summed E-state index contributed by atoms with van der Waals surface area (Å²) in [5.74, 6) is 0.904. The van der Waals surface area contributed by atoms with Crippen molar-refractivity contribution in [2.24, 2.45) is 14.1 Å². The molecule has 0 bridgehead atoms. The van der Waals surface area contributed by atoms with Crippen LogP contribution in [-0.2, 0) is 14.1 Å². The lowest BCUT2D eigenvalue weighted by molar-refractivity contribution is -0.740. The summed E-state index contributed by atoms with van der Waals surface area (Å²) in [6, 6.07) is 18.8. The molecule has 0 aliphatic carbocycles. The molecule has 0 saturated carbocycles. The van der Waals surface area contributed by atoms with E-state index in [0.717, 1.165) is 28.3 Å². The fourth-order valence-electron chi connectivity index (χ4n) is 2.92. The topological polar surface area (TPSA) is 18.0 Å². The van der Waals surface area contributed by atoms with Crippen molar-refractivity contribution in [3.05, 3.63) is 60.2 Å². The second kappa shape index (κ2) is 5.68. The summed E-state index contributed by atoms with van der Waals surface area (Å²) in [5.41, 5.74) is 5.73. The van der Waals surface area contributed by atoms with Gasteiger partial charge in [0.05, 0.1) is 19.7 Å². The van der Waals surface area contributed by atoms with Crippen molar-refractivity contribution in [2.75, 3.05) is 7.11 Å². The molecule has 0 radical (unpaired) electrons. The van der Waals surface area contributed by atoms with Gasteiger partial charge in [-0.05, 0) is 19.1 Å². The summed E-state index contributed by atoms with van der Waals surface area (Å²) < 4.78 is 10.1. The van der Waals surface area contributed by atoms with Crippen LogP contribution in [0.1, 0.15) is 5.56 Å². The molecule has 3 heteroatoms. The molecule has 0 saturated heterocycles. The minimum Gasteiger partial charge on any atom is -0.489 e. The maximum atomic E-state index is 5.79. The highest BCUT2D eigenvalue weighted by molar-refractivity contribution is 5.76. The van der Waals surface area contributed by atoms with E-state index in [1.54, 1.807) is 7.11 Å². The van der Waals surface area contributed by atoms with Crippen molar-refractivity contribution in [3.8, 4) is 28.3 Å². The average Bonchev–Trinajstić information content (AvgIpc) is 2.79. The molecule has 3 rings (SSSR count). The summed E-state index contributed by atoms with van der Waals surface area (Å²) in [5, 5.41) is 0. The second-order valence-corrected chi connectivity index (χ2v) is 5.51. The normalized spacial score (nSPS) is 10.7. The van der Waals surface area contributed by atoms with Gasteiger partial charge in [0.25, 0.3) is 5.69 Å². The number of aromatic nitrogens is 2. The van der Waals surface area contributed by atoms with Gasteiger partial charge in [0.1, 0.15) is 0 Å². The Morgan fingerprint density at radius 3 is 2.27 bits per heavy atom. The van der Waals surface area contributed by atoms with E-state index >= 15 is 0 Å². The SMILES string of the molecule is COc1c(-c2ccccc2)n(C)[n+](C)c1-c1cccc(C)c1. The van der Waals surface area contributed by atoms with Gasteiger partial charge in [-0.15, -0.1) is 4.68 Å². The maximum Gasteiger partial charge on any atom is 0.280 e. The van der Waals surface area contributed by atoms with Crippen LogP contribution in [0.4, 0.5) is 0 Å². The first kappa shape index (κ1) is 14.4. The Hall–Kier alpha value is -2.55. The highest BCUT2D eigenvalue weighted by Crippen LogP contribution is 2.37. The van der Waals surface area contributed by atoms with Crippen molar-refractivity contribution in [3.63, 3.8) is 0 Å². The van der Waals surface area contributed by atoms with Crippen LogP contribution < -0.4 is 9.42 Å². The molecule has 0 aliphatic rings. The highest BCUT2D eigenvalue weighted by atomic mass is 16.5. The third-order valence-electron chi connectivity index (χ3n) is 4.07. The van der Waals surface area contributed by atoms with Crippen LogP contribution in [0.3, 0.4) is 0 Å². The van der Waals surface area contributed by atoms with Crippen molar-refractivity contribution < 1.29 is 9.42 Å². The first-order valence-corrected chi connectivity index (χ1v) is 7.39. The van der Waals surface area contributed by atoms with Gasteiger partial charge >= 0.3 is 0 Å². The molecule has 0 atom stereocenters. The molecule has 3 aromatic rings. The lowest BCUT2D eigenvalue weighted by atomic mass is 10.1. The Balaban J connectivity index is 2.29. The maximum absolute atomic E-state index is 5.79. The number of hydrogen-bond acceptors (Lipinski definition) is 1. The van der Waals surface area contributed by atoms with Gasteiger partial charge in [-0.3, -0.25) is 0 Å². The molecule has 2 aromatic carbocycles. The number of rotatable bonds is 3. The van der Waals surface area contributed by atoms with E-state index in [4.69, 9.17) is 4.74 Å². The van der Waals surface area contributed by atoms with E-state index in [9.17, 15) is 0 Å². The second-order valence-electron chi connectivity index (χ2n) is 5.51. The van der Waals surface area contributed by atoms with Crippen LogP contribution in [0.2, 0.25) is 0 Å². The summed E-state index contributed by atoms with van der Waals surface area (Å²) in [6.07, 6.45) is 0. The molecule has 3 nitrogen and oxygen atoms in total. The molecule has 22 heavy (non-hydrogen) atoms. The van der Waals surface area contributed by atoms with Crippen molar-refractivity contribution in [1.82, 2.24) is 4.68 Å². The first-order chi connectivity index (χ1) is 10.6. The van der Waals surface area contributed by atoms with Crippen LogP contribution >= 0.6 is 0 Å². The average molecular weight is 293 g/mol. The van der Waals surface area contributed by atoms with E-state index in [2.05, 4.69) is 66.8 Å². The van der Waals surface area contributed by atoms with Crippen molar-refractivity contribution in [2.45, 2.75) is 6.92 Å². The number of aryl methyl sites for hydroxylation is 1. The molecular weight excluding hydrogens is 272 g/mol. The smallest absolute Gasteiger partial charge is 0.280 e. The third-order valence-corrected chi connectivity index (χ3v) is 4.07. The minimum absolute atomic E-state index is 0.904. The molecule has 0 amide bonds. The van der Waals surface area contributed by atoms with E-state index in [-0.39, 0.29) is 0 Å². The molecule has 0 unspecified atom stereocenters. The van der Waals surface area contributed by atoms with Gasteiger partial charge in [-0.2, -0.15) is 4.68 Å². The predicted molar refractivity (Wildman–Crippen MR) is 88.8 cm³/mol. The number of nitrogens with zero attached hydrogens (tertiary/aromatic N) is 2. The zero-order valence-electron chi connectivity index (χ0n) is 13.5. The number of benzene rings is 2. The van der Waals surface area contributed by atoms with E-state index < -0.39 is 0 Å². The molecular formula is C19H21N2O+. The molecule has 1 aromatic heterocycles. The minimum atomic E-state index is 0.904. The van der Waals surface area contributed by atoms with Gasteiger partial charge in [-0.1, -0.05) is 48.0 Å². The van der Waals surface area contributed by atoms with Gasteiger partial charge in [0, 0.05) is 5.56 Å². The van der Waals surface area contributed by atoms with Crippen LogP contribution in [0.25, 0.3) is 22.5 Å². The molecule has 0 aliphatic heterocycles. The van der Waals surface area contributed by atoms with E-state index in [1.165, 1.54) is 5.56 Å². The lowest BCUT2D eigenvalue weighted by Crippen LogP contribution is -2.39. The highest BCUT2D eigenvalue weighted by Gasteiger charge is 2.29. The van der Waals surface area contributed by atoms with Crippen LogP contribution in [-0.4, -0.2) is 11.8 Å². The van der Waals surface area contributed by atoms with Crippen LogP contribution in [0.15, 0.2) is 54.6 Å². The third kappa shape index (κ3) is 2.29. The van der Waals surface area contributed by atoms with Crippen molar-refractivity contribution in [1.29, 1.82) is 0 Å². The predicted octanol–water partition coefficient (Wildman–Crippen LogP) is 3.50.